The van der Waals surface area contributed by atoms with Gasteiger partial charge in [-0.15, -0.1) is 0 Å². The van der Waals surface area contributed by atoms with E-state index >= 15 is 0 Å². The van der Waals surface area contributed by atoms with Gasteiger partial charge in [0.05, 0.1) is 29.6 Å². The van der Waals surface area contributed by atoms with Gasteiger partial charge in [-0.3, -0.25) is 24.6 Å². The van der Waals surface area contributed by atoms with Crippen molar-refractivity contribution < 1.29 is 24.0 Å². The first kappa shape index (κ1) is 22.4. The third-order valence-corrected chi connectivity index (χ3v) is 5.66. The van der Waals surface area contributed by atoms with Crippen LogP contribution in [0.4, 0.5) is 10.5 Å². The Kier molecular flexibility index (Phi) is 6.96. The lowest BCUT2D eigenvalue weighted by molar-refractivity contribution is -0.384. The van der Waals surface area contributed by atoms with Crippen molar-refractivity contribution in [1.29, 1.82) is 0 Å². The molecule has 2 amide bonds. The van der Waals surface area contributed by atoms with Crippen LogP contribution in [-0.2, 0) is 11.3 Å². The van der Waals surface area contributed by atoms with Crippen molar-refractivity contribution >= 4 is 34.7 Å². The number of hydrogen-bond donors (Lipinski definition) is 0. The molecule has 9 heteroatoms. The highest BCUT2D eigenvalue weighted by molar-refractivity contribution is 8.18. The molecule has 2 aromatic carbocycles. The fraction of sp³-hybridized carbons (Fsp3) is 0.273. The molecule has 0 spiro atoms. The van der Waals surface area contributed by atoms with Gasteiger partial charge in [0.15, 0.2) is 11.5 Å². The number of thioether (sulfide) groups is 1. The summed E-state index contributed by atoms with van der Waals surface area (Å²) in [5.74, 6) is 0.742. The largest absolute Gasteiger partial charge is 0.493 e. The zero-order valence-corrected chi connectivity index (χ0v) is 18.2. The van der Waals surface area contributed by atoms with E-state index in [1.54, 1.807) is 31.4 Å². The monoisotopic (exact) mass is 442 g/mol. The van der Waals surface area contributed by atoms with E-state index in [1.165, 1.54) is 24.3 Å². The van der Waals surface area contributed by atoms with Crippen LogP contribution in [0.3, 0.4) is 0 Å². The van der Waals surface area contributed by atoms with Gasteiger partial charge in [0, 0.05) is 12.1 Å². The van der Waals surface area contributed by atoms with Gasteiger partial charge in [-0.1, -0.05) is 25.1 Å². The number of carbonyl (C=O) groups excluding carboxylic acids is 2. The Labute approximate surface area is 184 Å². The van der Waals surface area contributed by atoms with Crippen molar-refractivity contribution in [2.75, 3.05) is 7.11 Å². The molecular weight excluding hydrogens is 420 g/mol. The molecule has 1 heterocycles. The molecule has 0 bridgehead atoms. The Hall–Kier alpha value is -3.33. The van der Waals surface area contributed by atoms with Crippen molar-refractivity contribution in [3.63, 3.8) is 0 Å². The van der Waals surface area contributed by atoms with Gasteiger partial charge in [0.25, 0.3) is 16.8 Å². The summed E-state index contributed by atoms with van der Waals surface area (Å²) in [5.41, 5.74) is 1.28. The third-order valence-electron chi connectivity index (χ3n) is 4.75. The van der Waals surface area contributed by atoms with Crippen LogP contribution in [0.2, 0.25) is 0 Å². The highest BCUT2D eigenvalue weighted by atomic mass is 32.2. The number of methoxy groups -OCH3 is 1. The summed E-state index contributed by atoms with van der Waals surface area (Å²) in [4.78, 5) is 36.8. The Morgan fingerprint density at radius 3 is 2.48 bits per heavy atom. The first-order valence-electron chi connectivity index (χ1n) is 9.65. The van der Waals surface area contributed by atoms with Crippen LogP contribution >= 0.6 is 11.8 Å². The molecule has 0 saturated carbocycles. The topological polar surface area (TPSA) is 99.0 Å². The number of carbonyl (C=O) groups is 2. The molecular formula is C22H22N2O6S. The molecule has 0 unspecified atom stereocenters. The van der Waals surface area contributed by atoms with Crippen LogP contribution in [0.15, 0.2) is 47.4 Å². The van der Waals surface area contributed by atoms with Crippen molar-refractivity contribution in [1.82, 2.24) is 4.90 Å². The first-order chi connectivity index (χ1) is 14.8. The van der Waals surface area contributed by atoms with Gasteiger partial charge in [-0.25, -0.2) is 0 Å². The second kappa shape index (κ2) is 9.65. The average Bonchev–Trinajstić information content (AvgIpc) is 3.02. The van der Waals surface area contributed by atoms with Crippen molar-refractivity contribution in [3.05, 3.63) is 68.6 Å². The first-order valence-corrected chi connectivity index (χ1v) is 10.5. The van der Waals surface area contributed by atoms with Crippen LogP contribution < -0.4 is 9.47 Å². The van der Waals surface area contributed by atoms with E-state index in [9.17, 15) is 19.7 Å². The number of imide groups is 1. The van der Waals surface area contributed by atoms with Crippen molar-refractivity contribution in [2.45, 2.75) is 32.9 Å². The minimum absolute atomic E-state index is 0.0377. The zero-order chi connectivity index (χ0) is 22.5. The molecule has 0 radical (unpaired) electrons. The normalized spacial score (nSPS) is 16.0. The molecule has 1 atom stereocenters. The number of nitro groups is 1. The number of amides is 2. The highest BCUT2D eigenvalue weighted by Crippen LogP contribution is 2.35. The van der Waals surface area contributed by atoms with Gasteiger partial charge < -0.3 is 9.47 Å². The van der Waals surface area contributed by atoms with Crippen LogP contribution in [0.5, 0.6) is 11.5 Å². The molecule has 1 aliphatic rings. The molecule has 2 aromatic rings. The number of non-ortho nitro benzene ring substituents is 1. The number of rotatable bonds is 8. The van der Waals surface area contributed by atoms with E-state index < -0.39 is 16.1 Å². The van der Waals surface area contributed by atoms with Crippen LogP contribution in [-0.4, -0.2) is 34.2 Å². The average molecular weight is 442 g/mol. The minimum Gasteiger partial charge on any atom is -0.493 e. The molecule has 8 nitrogen and oxygen atoms in total. The maximum Gasteiger partial charge on any atom is 0.293 e. The lowest BCUT2D eigenvalue weighted by Gasteiger charge is -2.15. The van der Waals surface area contributed by atoms with E-state index in [4.69, 9.17) is 9.47 Å². The van der Waals surface area contributed by atoms with E-state index in [1.807, 2.05) is 13.8 Å². The number of benzene rings is 2. The van der Waals surface area contributed by atoms with Gasteiger partial charge in [-0.05, 0) is 54.4 Å². The summed E-state index contributed by atoms with van der Waals surface area (Å²) in [6.45, 7) is 4.04. The van der Waals surface area contributed by atoms with Crippen molar-refractivity contribution in [2.24, 2.45) is 0 Å². The molecule has 0 N–H and O–H groups in total. The predicted molar refractivity (Wildman–Crippen MR) is 118 cm³/mol. The Morgan fingerprint density at radius 1 is 1.16 bits per heavy atom. The standard InChI is InChI=1S/C22H22N2O6S/c1-4-14(2)30-18-10-7-16(11-19(18)29-3)12-20-21(25)23(22(26)31-20)13-15-5-8-17(9-6-15)24(27)28/h5-12,14H,4,13H2,1-3H3/b20-12-/t14-/m0/s1. The summed E-state index contributed by atoms with van der Waals surface area (Å²) in [6.07, 6.45) is 2.53. The number of nitrogens with zero attached hydrogens (tertiary/aromatic N) is 2. The fourth-order valence-corrected chi connectivity index (χ4v) is 3.70. The molecule has 1 saturated heterocycles. The quantitative estimate of drug-likeness (QED) is 0.322. The molecule has 1 fully saturated rings. The summed E-state index contributed by atoms with van der Waals surface area (Å²) in [6, 6.07) is 11.1. The zero-order valence-electron chi connectivity index (χ0n) is 17.4. The summed E-state index contributed by atoms with van der Waals surface area (Å²) >= 11 is 0.854. The lowest BCUT2D eigenvalue weighted by Crippen LogP contribution is -2.27. The Morgan fingerprint density at radius 2 is 1.87 bits per heavy atom. The van der Waals surface area contributed by atoms with E-state index in [-0.39, 0.29) is 18.3 Å². The maximum absolute atomic E-state index is 12.8. The summed E-state index contributed by atoms with van der Waals surface area (Å²) in [7, 11) is 1.54. The van der Waals surface area contributed by atoms with E-state index in [0.717, 1.165) is 23.1 Å². The highest BCUT2D eigenvalue weighted by Gasteiger charge is 2.35. The third kappa shape index (κ3) is 5.24. The second-order valence-electron chi connectivity index (χ2n) is 6.94. The summed E-state index contributed by atoms with van der Waals surface area (Å²) < 4.78 is 11.2. The SMILES string of the molecule is CC[C@H](C)Oc1ccc(/C=C2\SC(=O)N(Cc3ccc([N+](=O)[O-])cc3)C2=O)cc1OC. The number of ether oxygens (including phenoxy) is 2. The molecule has 31 heavy (non-hydrogen) atoms. The lowest BCUT2D eigenvalue weighted by atomic mass is 10.1. The van der Waals surface area contributed by atoms with Gasteiger partial charge in [0.1, 0.15) is 0 Å². The molecule has 0 aromatic heterocycles. The molecule has 0 aliphatic carbocycles. The van der Waals surface area contributed by atoms with Gasteiger partial charge in [0.2, 0.25) is 0 Å². The Balaban J connectivity index is 1.77. The predicted octanol–water partition coefficient (Wildman–Crippen LogP) is 5.02. The summed E-state index contributed by atoms with van der Waals surface area (Å²) in [5, 5.41) is 10.4. The van der Waals surface area contributed by atoms with Crippen LogP contribution in [0, 0.1) is 10.1 Å². The van der Waals surface area contributed by atoms with Crippen LogP contribution in [0.1, 0.15) is 31.4 Å². The number of hydrogen-bond acceptors (Lipinski definition) is 7. The molecule has 1 aliphatic heterocycles. The van der Waals surface area contributed by atoms with Gasteiger partial charge in [-0.2, -0.15) is 0 Å². The van der Waals surface area contributed by atoms with E-state index in [2.05, 4.69) is 0 Å². The molecule has 162 valence electrons. The molecule has 3 rings (SSSR count). The fourth-order valence-electron chi connectivity index (χ4n) is 2.86. The van der Waals surface area contributed by atoms with Crippen LogP contribution in [0.25, 0.3) is 6.08 Å². The second-order valence-corrected chi connectivity index (χ2v) is 7.93. The van der Waals surface area contributed by atoms with E-state index in [0.29, 0.717) is 27.5 Å². The maximum atomic E-state index is 12.8. The smallest absolute Gasteiger partial charge is 0.293 e. The minimum atomic E-state index is -0.500. The van der Waals surface area contributed by atoms with Gasteiger partial charge >= 0.3 is 0 Å². The Bertz CT molecular complexity index is 1030. The van der Waals surface area contributed by atoms with Crippen molar-refractivity contribution in [3.8, 4) is 11.5 Å². The number of nitro benzene ring substituents is 1.